The molecule has 0 unspecified atom stereocenters. The highest BCUT2D eigenvalue weighted by Crippen LogP contribution is 2.21. The summed E-state index contributed by atoms with van der Waals surface area (Å²) in [5.74, 6) is -0.957. The minimum atomic E-state index is -0.501. The number of halogens is 2. The number of urea groups is 1. The van der Waals surface area contributed by atoms with Crippen LogP contribution in [0.4, 0.5) is 14.9 Å². The Balaban J connectivity index is 1.35. The lowest BCUT2D eigenvalue weighted by atomic mass is 10.1. The van der Waals surface area contributed by atoms with Crippen molar-refractivity contribution in [2.45, 2.75) is 18.9 Å². The van der Waals surface area contributed by atoms with Gasteiger partial charge in [-0.1, -0.05) is 17.7 Å². The number of amides is 4. The number of hydrogen-bond acceptors (Lipinski definition) is 3. The van der Waals surface area contributed by atoms with Gasteiger partial charge in [0.1, 0.15) is 5.82 Å². The van der Waals surface area contributed by atoms with E-state index < -0.39 is 5.82 Å². The summed E-state index contributed by atoms with van der Waals surface area (Å²) in [4.78, 5) is 40.8. The number of anilines is 1. The largest absolute Gasteiger partial charge is 0.335 e. The second-order valence-electron chi connectivity index (χ2n) is 7.66. The molecule has 4 rings (SSSR count). The summed E-state index contributed by atoms with van der Waals surface area (Å²) < 4.78 is 13.2. The molecule has 4 amide bonds. The van der Waals surface area contributed by atoms with Crippen molar-refractivity contribution in [3.63, 3.8) is 0 Å². The lowest BCUT2D eigenvalue weighted by Crippen LogP contribution is -2.50. The first-order chi connectivity index (χ1) is 14.9. The molecule has 1 aliphatic heterocycles. The molecule has 31 heavy (non-hydrogen) atoms. The molecule has 2 fully saturated rings. The molecule has 2 aliphatic rings. The molecule has 7 nitrogen and oxygen atoms in total. The highest BCUT2D eigenvalue weighted by atomic mass is 35.5. The summed E-state index contributed by atoms with van der Waals surface area (Å²) in [6.45, 7) is 1.42. The predicted molar refractivity (Wildman–Crippen MR) is 115 cm³/mol. The predicted octanol–water partition coefficient (Wildman–Crippen LogP) is 3.36. The lowest BCUT2D eigenvalue weighted by molar-refractivity contribution is 0.0535. The summed E-state index contributed by atoms with van der Waals surface area (Å²) in [5.41, 5.74) is 1.25. The van der Waals surface area contributed by atoms with Gasteiger partial charge in [0.15, 0.2) is 0 Å². The van der Waals surface area contributed by atoms with E-state index in [1.807, 2.05) is 0 Å². The third kappa shape index (κ3) is 5.14. The van der Waals surface area contributed by atoms with Gasteiger partial charge in [-0.25, -0.2) is 9.18 Å². The number of nitrogens with zero attached hydrogens (tertiary/aromatic N) is 2. The zero-order chi connectivity index (χ0) is 22.0. The van der Waals surface area contributed by atoms with Gasteiger partial charge in [0.05, 0.1) is 10.6 Å². The number of nitrogens with one attached hydrogen (secondary N) is 2. The molecule has 0 atom stereocenters. The first kappa shape index (κ1) is 21.1. The molecular formula is C22H22ClFN4O3. The Labute approximate surface area is 184 Å². The summed E-state index contributed by atoms with van der Waals surface area (Å²) >= 11 is 6.00. The Hall–Kier alpha value is -3.13. The van der Waals surface area contributed by atoms with Crippen LogP contribution in [0.15, 0.2) is 42.5 Å². The van der Waals surface area contributed by atoms with E-state index in [9.17, 15) is 18.8 Å². The minimum Gasteiger partial charge on any atom is -0.335 e. The van der Waals surface area contributed by atoms with Crippen LogP contribution in [0, 0.1) is 5.82 Å². The topological polar surface area (TPSA) is 81.8 Å². The van der Waals surface area contributed by atoms with Crippen LogP contribution in [0.25, 0.3) is 0 Å². The molecule has 2 N–H and O–H groups in total. The fourth-order valence-electron chi connectivity index (χ4n) is 3.44. The quantitative estimate of drug-likeness (QED) is 0.758. The van der Waals surface area contributed by atoms with Crippen molar-refractivity contribution >= 4 is 35.1 Å². The van der Waals surface area contributed by atoms with E-state index in [1.165, 1.54) is 12.1 Å². The van der Waals surface area contributed by atoms with Gasteiger partial charge in [0, 0.05) is 43.5 Å². The van der Waals surface area contributed by atoms with E-state index in [0.717, 1.165) is 18.9 Å². The Morgan fingerprint density at radius 3 is 2.26 bits per heavy atom. The van der Waals surface area contributed by atoms with Crippen LogP contribution in [0.3, 0.4) is 0 Å². The van der Waals surface area contributed by atoms with Crippen molar-refractivity contribution in [2.75, 3.05) is 31.5 Å². The van der Waals surface area contributed by atoms with Crippen molar-refractivity contribution in [3.8, 4) is 0 Å². The average molecular weight is 445 g/mol. The van der Waals surface area contributed by atoms with Crippen molar-refractivity contribution in [3.05, 3.63) is 64.4 Å². The Morgan fingerprint density at radius 2 is 1.61 bits per heavy atom. The van der Waals surface area contributed by atoms with Crippen molar-refractivity contribution in [2.24, 2.45) is 0 Å². The van der Waals surface area contributed by atoms with Crippen LogP contribution in [0.2, 0.25) is 5.02 Å². The molecule has 2 aromatic rings. The van der Waals surface area contributed by atoms with Crippen LogP contribution in [0.5, 0.6) is 0 Å². The van der Waals surface area contributed by atoms with E-state index in [4.69, 9.17) is 11.6 Å². The molecule has 0 bridgehead atoms. The lowest BCUT2D eigenvalue weighted by Gasteiger charge is -2.35. The molecular weight excluding hydrogens is 423 g/mol. The van der Waals surface area contributed by atoms with Gasteiger partial charge in [-0.05, 0) is 49.2 Å². The molecule has 0 aromatic heterocycles. The fourth-order valence-corrected chi connectivity index (χ4v) is 3.69. The second kappa shape index (κ2) is 8.93. The van der Waals surface area contributed by atoms with Crippen LogP contribution >= 0.6 is 11.6 Å². The fraction of sp³-hybridized carbons (Fsp3) is 0.318. The number of carbonyl (C=O) groups excluding carboxylic acids is 3. The number of piperazine rings is 1. The van der Waals surface area contributed by atoms with Crippen molar-refractivity contribution in [1.82, 2.24) is 15.1 Å². The van der Waals surface area contributed by atoms with Gasteiger partial charge < -0.3 is 20.4 Å². The number of benzene rings is 2. The van der Waals surface area contributed by atoms with Gasteiger partial charge in [0.2, 0.25) is 0 Å². The molecule has 1 heterocycles. The Bertz CT molecular complexity index is 1020. The van der Waals surface area contributed by atoms with Gasteiger partial charge in [-0.3, -0.25) is 9.59 Å². The Morgan fingerprint density at radius 1 is 0.935 bits per heavy atom. The van der Waals surface area contributed by atoms with Gasteiger partial charge in [0.25, 0.3) is 11.8 Å². The SMILES string of the molecule is O=C(Nc1cccc(C(=O)N2CCN(C(=O)c3ccc(F)cc3Cl)CC2)c1)NC1CC1. The average Bonchev–Trinajstić information content (AvgIpc) is 3.57. The third-order valence-corrected chi connectivity index (χ3v) is 5.61. The van der Waals surface area contributed by atoms with E-state index in [2.05, 4.69) is 10.6 Å². The molecule has 1 saturated heterocycles. The van der Waals surface area contributed by atoms with Gasteiger partial charge in [-0.15, -0.1) is 0 Å². The minimum absolute atomic E-state index is 0.0681. The van der Waals surface area contributed by atoms with Crippen molar-refractivity contribution in [1.29, 1.82) is 0 Å². The maximum absolute atomic E-state index is 13.2. The highest BCUT2D eigenvalue weighted by Gasteiger charge is 2.27. The highest BCUT2D eigenvalue weighted by molar-refractivity contribution is 6.33. The first-order valence-electron chi connectivity index (χ1n) is 10.1. The molecule has 1 aliphatic carbocycles. The molecule has 0 spiro atoms. The molecule has 162 valence electrons. The molecule has 1 saturated carbocycles. The maximum Gasteiger partial charge on any atom is 0.319 e. The van der Waals surface area contributed by atoms with E-state index in [0.29, 0.717) is 37.4 Å². The zero-order valence-corrected chi connectivity index (χ0v) is 17.5. The van der Waals surface area contributed by atoms with E-state index >= 15 is 0 Å². The Kier molecular flexibility index (Phi) is 6.08. The summed E-state index contributed by atoms with van der Waals surface area (Å²) in [7, 11) is 0. The normalized spacial score (nSPS) is 16.1. The van der Waals surface area contributed by atoms with Crippen LogP contribution < -0.4 is 10.6 Å². The molecule has 0 radical (unpaired) electrons. The second-order valence-corrected chi connectivity index (χ2v) is 8.07. The van der Waals surface area contributed by atoms with Crippen LogP contribution in [-0.4, -0.2) is 59.9 Å². The molecule has 2 aromatic carbocycles. The van der Waals surface area contributed by atoms with E-state index in [1.54, 1.807) is 34.1 Å². The zero-order valence-electron chi connectivity index (χ0n) is 16.7. The number of hydrogen-bond donors (Lipinski definition) is 2. The van der Waals surface area contributed by atoms with Crippen LogP contribution in [0.1, 0.15) is 33.6 Å². The first-order valence-corrected chi connectivity index (χ1v) is 10.5. The monoisotopic (exact) mass is 444 g/mol. The summed E-state index contributed by atoms with van der Waals surface area (Å²) in [6.07, 6.45) is 1.99. The van der Waals surface area contributed by atoms with Crippen LogP contribution in [-0.2, 0) is 0 Å². The standard InChI is InChI=1S/C22H22ClFN4O3/c23-19-13-15(24)4-7-18(19)21(30)28-10-8-27(9-11-28)20(29)14-2-1-3-17(12-14)26-22(31)25-16-5-6-16/h1-4,7,12-13,16H,5-6,8-11H2,(H2,25,26,31). The van der Waals surface area contributed by atoms with E-state index in [-0.39, 0.29) is 34.5 Å². The van der Waals surface area contributed by atoms with Gasteiger partial charge in [-0.2, -0.15) is 0 Å². The van der Waals surface area contributed by atoms with Gasteiger partial charge >= 0.3 is 6.03 Å². The molecule has 9 heteroatoms. The summed E-state index contributed by atoms with van der Waals surface area (Å²) in [5, 5.41) is 5.65. The smallest absolute Gasteiger partial charge is 0.319 e. The number of rotatable bonds is 4. The van der Waals surface area contributed by atoms with Crippen molar-refractivity contribution < 1.29 is 18.8 Å². The summed E-state index contributed by atoms with van der Waals surface area (Å²) in [6, 6.07) is 10.4. The number of carbonyl (C=O) groups is 3. The maximum atomic E-state index is 13.2. The third-order valence-electron chi connectivity index (χ3n) is 5.30.